The van der Waals surface area contributed by atoms with Crippen molar-refractivity contribution in [1.29, 1.82) is 0 Å². The Kier molecular flexibility index (Phi) is 6.82. The summed E-state index contributed by atoms with van der Waals surface area (Å²) in [5, 5.41) is 3.36. The van der Waals surface area contributed by atoms with Crippen LogP contribution >= 0.6 is 0 Å². The first-order valence-corrected chi connectivity index (χ1v) is 9.69. The number of amides is 1. The lowest BCUT2D eigenvalue weighted by Gasteiger charge is -2.33. The van der Waals surface area contributed by atoms with E-state index in [0.29, 0.717) is 12.5 Å². The number of rotatable bonds is 6. The first-order chi connectivity index (χ1) is 12.2. The largest absolute Gasteiger partial charge is 0.337 e. The second-order valence-electron chi connectivity index (χ2n) is 7.31. The van der Waals surface area contributed by atoms with E-state index in [0.717, 1.165) is 57.7 Å². The summed E-state index contributed by atoms with van der Waals surface area (Å²) in [5.41, 5.74) is 1.01. The fraction of sp³-hybridized carbons (Fsp3) is 0.650. The van der Waals surface area contributed by atoms with E-state index in [1.807, 2.05) is 4.90 Å². The minimum atomic E-state index is -0.227. The summed E-state index contributed by atoms with van der Waals surface area (Å²) in [6.07, 6.45) is 5.62. The number of nitrogens with zero attached hydrogens (tertiary/aromatic N) is 2. The molecule has 1 saturated heterocycles. The van der Waals surface area contributed by atoms with E-state index in [-0.39, 0.29) is 11.7 Å². The molecule has 5 heteroatoms. The van der Waals surface area contributed by atoms with Crippen LogP contribution in [0.3, 0.4) is 0 Å². The summed E-state index contributed by atoms with van der Waals surface area (Å²) >= 11 is 0. The third-order valence-corrected chi connectivity index (χ3v) is 5.45. The molecule has 1 amide bonds. The van der Waals surface area contributed by atoms with Crippen LogP contribution in [0.4, 0.5) is 4.39 Å². The highest BCUT2D eigenvalue weighted by atomic mass is 19.1. The molecule has 1 heterocycles. The van der Waals surface area contributed by atoms with Gasteiger partial charge in [0, 0.05) is 51.7 Å². The molecule has 1 aromatic rings. The van der Waals surface area contributed by atoms with Crippen LogP contribution in [0.2, 0.25) is 0 Å². The molecular formula is C20H30FN3O. The Morgan fingerprint density at radius 1 is 1.12 bits per heavy atom. The number of benzene rings is 1. The van der Waals surface area contributed by atoms with Crippen molar-refractivity contribution in [2.45, 2.75) is 38.6 Å². The monoisotopic (exact) mass is 347 g/mol. The van der Waals surface area contributed by atoms with Crippen molar-refractivity contribution in [3.63, 3.8) is 0 Å². The van der Waals surface area contributed by atoms with Gasteiger partial charge in [0.15, 0.2) is 0 Å². The number of piperazine rings is 1. The Bertz CT molecular complexity index is 536. The van der Waals surface area contributed by atoms with E-state index >= 15 is 0 Å². The summed E-state index contributed by atoms with van der Waals surface area (Å²) in [6.45, 7) is 6.39. The van der Waals surface area contributed by atoms with Crippen LogP contribution in [0, 0.1) is 11.7 Å². The minimum absolute atomic E-state index is 0.178. The predicted molar refractivity (Wildman–Crippen MR) is 97.7 cm³/mol. The standard InChI is InChI=1S/C20H30FN3O/c21-19-8-6-17(7-9-19)16-24(15-14-23-12-10-22-11-13-23)20(25)18-4-2-1-3-5-18/h6-9,18,22H,1-5,10-16H2. The molecule has 0 bridgehead atoms. The normalized spacial score (nSPS) is 19.7. The fourth-order valence-electron chi connectivity index (χ4n) is 3.88. The highest BCUT2D eigenvalue weighted by molar-refractivity contribution is 5.79. The third-order valence-electron chi connectivity index (χ3n) is 5.45. The minimum Gasteiger partial charge on any atom is -0.337 e. The highest BCUT2D eigenvalue weighted by Crippen LogP contribution is 2.26. The van der Waals surface area contributed by atoms with E-state index in [2.05, 4.69) is 10.2 Å². The molecule has 1 aliphatic carbocycles. The molecule has 1 aliphatic heterocycles. The SMILES string of the molecule is O=C(C1CCCCC1)N(CCN1CCNCC1)Cc1ccc(F)cc1. The van der Waals surface area contributed by atoms with Gasteiger partial charge in [0.2, 0.25) is 5.91 Å². The molecule has 0 unspecified atom stereocenters. The second-order valence-corrected chi connectivity index (χ2v) is 7.31. The van der Waals surface area contributed by atoms with Crippen molar-refractivity contribution in [3.05, 3.63) is 35.6 Å². The molecule has 25 heavy (non-hydrogen) atoms. The van der Waals surface area contributed by atoms with Crippen LogP contribution in [0.25, 0.3) is 0 Å². The van der Waals surface area contributed by atoms with Gasteiger partial charge in [-0.1, -0.05) is 31.4 Å². The fourth-order valence-corrected chi connectivity index (χ4v) is 3.88. The molecule has 2 fully saturated rings. The average Bonchev–Trinajstić information content (AvgIpc) is 2.67. The predicted octanol–water partition coefficient (Wildman–Crippen LogP) is 2.64. The topological polar surface area (TPSA) is 35.6 Å². The number of carbonyl (C=O) groups excluding carboxylic acids is 1. The zero-order chi connectivity index (χ0) is 17.5. The van der Waals surface area contributed by atoms with Gasteiger partial charge in [0.05, 0.1) is 0 Å². The van der Waals surface area contributed by atoms with E-state index in [4.69, 9.17) is 0 Å². The van der Waals surface area contributed by atoms with E-state index < -0.39 is 0 Å². The quantitative estimate of drug-likeness (QED) is 0.859. The lowest BCUT2D eigenvalue weighted by Crippen LogP contribution is -2.47. The molecule has 1 saturated carbocycles. The van der Waals surface area contributed by atoms with E-state index in [1.54, 1.807) is 12.1 Å². The van der Waals surface area contributed by atoms with Gasteiger partial charge in [-0.3, -0.25) is 9.69 Å². The number of halogens is 1. The maximum absolute atomic E-state index is 13.2. The van der Waals surface area contributed by atoms with Gasteiger partial charge < -0.3 is 10.2 Å². The Labute approximate surface area is 150 Å². The molecule has 0 radical (unpaired) electrons. The zero-order valence-corrected chi connectivity index (χ0v) is 15.1. The molecule has 4 nitrogen and oxygen atoms in total. The summed E-state index contributed by atoms with van der Waals surface area (Å²) in [6, 6.07) is 6.55. The molecule has 0 spiro atoms. The maximum Gasteiger partial charge on any atom is 0.226 e. The summed E-state index contributed by atoms with van der Waals surface area (Å²) < 4.78 is 13.2. The molecule has 1 N–H and O–H groups in total. The molecule has 0 aromatic heterocycles. The smallest absolute Gasteiger partial charge is 0.226 e. The van der Waals surface area contributed by atoms with Gasteiger partial charge in [-0.2, -0.15) is 0 Å². The third kappa shape index (κ3) is 5.51. The van der Waals surface area contributed by atoms with Crippen molar-refractivity contribution in [2.75, 3.05) is 39.3 Å². The van der Waals surface area contributed by atoms with Crippen LogP contribution in [0.15, 0.2) is 24.3 Å². The van der Waals surface area contributed by atoms with Gasteiger partial charge in [-0.15, -0.1) is 0 Å². The van der Waals surface area contributed by atoms with Crippen LogP contribution in [-0.2, 0) is 11.3 Å². The number of carbonyl (C=O) groups is 1. The molecule has 2 aliphatic rings. The van der Waals surface area contributed by atoms with Crippen LogP contribution < -0.4 is 5.32 Å². The second kappa shape index (κ2) is 9.30. The molecule has 0 atom stereocenters. The maximum atomic E-state index is 13.2. The van der Waals surface area contributed by atoms with Crippen LogP contribution in [0.5, 0.6) is 0 Å². The van der Waals surface area contributed by atoms with Crippen molar-refractivity contribution in [1.82, 2.24) is 15.1 Å². The van der Waals surface area contributed by atoms with Gasteiger partial charge in [0.1, 0.15) is 5.82 Å². The highest BCUT2D eigenvalue weighted by Gasteiger charge is 2.26. The van der Waals surface area contributed by atoms with Crippen molar-refractivity contribution >= 4 is 5.91 Å². The lowest BCUT2D eigenvalue weighted by atomic mass is 9.88. The summed E-state index contributed by atoms with van der Waals surface area (Å²) in [4.78, 5) is 17.5. The van der Waals surface area contributed by atoms with Gasteiger partial charge in [0.25, 0.3) is 0 Å². The Morgan fingerprint density at radius 3 is 2.48 bits per heavy atom. The Morgan fingerprint density at radius 2 is 1.80 bits per heavy atom. The van der Waals surface area contributed by atoms with Crippen molar-refractivity contribution in [3.8, 4) is 0 Å². The van der Waals surface area contributed by atoms with E-state index in [1.165, 1.54) is 31.4 Å². The molecule has 3 rings (SSSR count). The Hall–Kier alpha value is -1.46. The van der Waals surface area contributed by atoms with Gasteiger partial charge in [-0.25, -0.2) is 4.39 Å². The molecular weight excluding hydrogens is 317 g/mol. The first kappa shape index (κ1) is 18.3. The number of nitrogens with one attached hydrogen (secondary N) is 1. The molecule has 138 valence electrons. The number of hydrogen-bond acceptors (Lipinski definition) is 3. The first-order valence-electron chi connectivity index (χ1n) is 9.69. The number of hydrogen-bond donors (Lipinski definition) is 1. The van der Waals surface area contributed by atoms with Gasteiger partial charge >= 0.3 is 0 Å². The zero-order valence-electron chi connectivity index (χ0n) is 15.1. The van der Waals surface area contributed by atoms with Crippen molar-refractivity contribution < 1.29 is 9.18 Å². The Balaban J connectivity index is 1.63. The van der Waals surface area contributed by atoms with Crippen LogP contribution in [-0.4, -0.2) is 55.0 Å². The van der Waals surface area contributed by atoms with E-state index in [9.17, 15) is 9.18 Å². The van der Waals surface area contributed by atoms with Crippen molar-refractivity contribution in [2.24, 2.45) is 5.92 Å². The van der Waals surface area contributed by atoms with Gasteiger partial charge in [-0.05, 0) is 30.5 Å². The summed E-state index contributed by atoms with van der Waals surface area (Å²) in [5.74, 6) is 0.242. The average molecular weight is 347 g/mol. The van der Waals surface area contributed by atoms with Crippen LogP contribution in [0.1, 0.15) is 37.7 Å². The summed E-state index contributed by atoms with van der Waals surface area (Å²) in [7, 11) is 0. The lowest BCUT2D eigenvalue weighted by molar-refractivity contribution is -0.137. The molecule has 1 aromatic carbocycles.